The van der Waals surface area contributed by atoms with Gasteiger partial charge >= 0.3 is 0 Å². The van der Waals surface area contributed by atoms with Gasteiger partial charge < -0.3 is 5.32 Å². The number of benzene rings is 2. The van der Waals surface area contributed by atoms with Gasteiger partial charge in [0.25, 0.3) is 0 Å². The Morgan fingerprint density at radius 3 is 2.85 bits per heavy atom. The van der Waals surface area contributed by atoms with Crippen LogP contribution in [0, 0.1) is 12.7 Å². The number of hydrogen-bond donors (Lipinski definition) is 1. The Morgan fingerprint density at radius 1 is 1.30 bits per heavy atom. The molecule has 1 N–H and O–H groups in total. The predicted octanol–water partition coefficient (Wildman–Crippen LogP) is 3.79. The highest BCUT2D eigenvalue weighted by atomic mass is 32.2. The maximum Gasteiger partial charge on any atom is 0.238 e. The minimum atomic E-state index is -0.390. The number of nitrogens with one attached hydrogen (secondary N) is 1. The molecule has 1 atom stereocenters. The number of carbonyl (C=O) groups is 1. The molecule has 2 aromatic rings. The summed E-state index contributed by atoms with van der Waals surface area (Å²) in [4.78, 5) is 13.4. The van der Waals surface area contributed by atoms with Crippen LogP contribution in [0.2, 0.25) is 0 Å². The first-order valence-electron chi connectivity index (χ1n) is 6.45. The summed E-state index contributed by atoms with van der Waals surface area (Å²) < 4.78 is 13.7. The lowest BCUT2D eigenvalue weighted by atomic mass is 10.1. The maximum absolute atomic E-state index is 13.7. The fourth-order valence-electron chi connectivity index (χ4n) is 2.26. The molecule has 1 unspecified atom stereocenters. The number of carbonyl (C=O) groups excluding carboxylic acids is 1. The van der Waals surface area contributed by atoms with Crippen molar-refractivity contribution in [2.24, 2.45) is 0 Å². The molecule has 102 valence electrons. The molecule has 0 radical (unpaired) electrons. The third-order valence-electron chi connectivity index (χ3n) is 3.32. The number of amides is 1. The second-order valence-corrected chi connectivity index (χ2v) is 6.14. The normalized spacial score (nSPS) is 16.8. The van der Waals surface area contributed by atoms with Crippen molar-refractivity contribution in [3.8, 4) is 0 Å². The molecular formula is C16H14FNOS. The zero-order valence-corrected chi connectivity index (χ0v) is 11.8. The lowest BCUT2D eigenvalue weighted by Crippen LogP contribution is -2.25. The van der Waals surface area contributed by atoms with Crippen LogP contribution in [0.5, 0.6) is 0 Å². The van der Waals surface area contributed by atoms with E-state index in [1.807, 2.05) is 31.2 Å². The highest BCUT2D eigenvalue weighted by Gasteiger charge is 2.28. The van der Waals surface area contributed by atoms with Crippen LogP contribution < -0.4 is 5.32 Å². The maximum atomic E-state index is 13.7. The first-order chi connectivity index (χ1) is 9.63. The van der Waals surface area contributed by atoms with Crippen molar-refractivity contribution in [2.45, 2.75) is 23.5 Å². The number of anilines is 1. The molecule has 0 saturated heterocycles. The van der Waals surface area contributed by atoms with Crippen LogP contribution in [0.4, 0.5) is 10.1 Å². The molecule has 0 fully saturated rings. The van der Waals surface area contributed by atoms with Gasteiger partial charge in [0.15, 0.2) is 0 Å². The first-order valence-corrected chi connectivity index (χ1v) is 7.33. The Kier molecular flexibility index (Phi) is 3.49. The molecule has 2 aromatic carbocycles. The van der Waals surface area contributed by atoms with Crippen molar-refractivity contribution in [2.75, 3.05) is 5.32 Å². The standard InChI is InChI=1S/C16H14FNOS/c1-10-6-7-13(12(17)8-10)18-16(19)15-9-11-4-2-3-5-14(11)20-15/h2-8,15H,9H2,1H3,(H,18,19). The first kappa shape index (κ1) is 13.2. The van der Waals surface area contributed by atoms with E-state index in [0.717, 1.165) is 10.5 Å². The molecule has 2 nitrogen and oxygen atoms in total. The topological polar surface area (TPSA) is 29.1 Å². The van der Waals surface area contributed by atoms with Crippen molar-refractivity contribution in [1.82, 2.24) is 0 Å². The van der Waals surface area contributed by atoms with Crippen molar-refractivity contribution < 1.29 is 9.18 Å². The van der Waals surface area contributed by atoms with Crippen LogP contribution in [-0.2, 0) is 11.2 Å². The van der Waals surface area contributed by atoms with Crippen molar-refractivity contribution >= 4 is 23.4 Å². The number of rotatable bonds is 2. The van der Waals surface area contributed by atoms with Crippen LogP contribution in [0.25, 0.3) is 0 Å². The van der Waals surface area contributed by atoms with Gasteiger partial charge in [-0.3, -0.25) is 4.79 Å². The molecular weight excluding hydrogens is 273 g/mol. The van der Waals surface area contributed by atoms with Gasteiger partial charge in [0.1, 0.15) is 5.82 Å². The largest absolute Gasteiger partial charge is 0.323 e. The molecule has 1 aliphatic rings. The summed E-state index contributed by atoms with van der Waals surface area (Å²) in [5.41, 5.74) is 2.27. The van der Waals surface area contributed by atoms with Crippen molar-refractivity contribution in [3.05, 3.63) is 59.4 Å². The molecule has 0 spiro atoms. The number of aryl methyl sites for hydroxylation is 1. The molecule has 0 aromatic heterocycles. The molecule has 20 heavy (non-hydrogen) atoms. The predicted molar refractivity (Wildman–Crippen MR) is 79.6 cm³/mol. The smallest absolute Gasteiger partial charge is 0.238 e. The summed E-state index contributed by atoms with van der Waals surface area (Å²) in [6.45, 7) is 1.82. The van der Waals surface area contributed by atoms with Crippen LogP contribution in [-0.4, -0.2) is 11.2 Å². The van der Waals surface area contributed by atoms with Crippen molar-refractivity contribution in [1.29, 1.82) is 0 Å². The minimum absolute atomic E-state index is 0.144. The second kappa shape index (κ2) is 5.29. The van der Waals surface area contributed by atoms with E-state index in [2.05, 4.69) is 5.32 Å². The Bertz CT molecular complexity index is 646. The van der Waals surface area contributed by atoms with E-state index in [1.165, 1.54) is 23.4 Å². The summed E-state index contributed by atoms with van der Waals surface area (Å²) in [6.07, 6.45) is 0.695. The van der Waals surface area contributed by atoms with E-state index < -0.39 is 0 Å². The quantitative estimate of drug-likeness (QED) is 0.910. The van der Waals surface area contributed by atoms with Crippen LogP contribution in [0.3, 0.4) is 0 Å². The average Bonchev–Trinajstić information content (AvgIpc) is 2.86. The lowest BCUT2D eigenvalue weighted by molar-refractivity contribution is -0.115. The highest BCUT2D eigenvalue weighted by Crippen LogP contribution is 2.37. The number of thioether (sulfide) groups is 1. The minimum Gasteiger partial charge on any atom is -0.323 e. The van der Waals surface area contributed by atoms with Gasteiger partial charge in [-0.25, -0.2) is 4.39 Å². The van der Waals surface area contributed by atoms with Gasteiger partial charge in [-0.15, -0.1) is 11.8 Å². The van der Waals surface area contributed by atoms with E-state index in [-0.39, 0.29) is 22.7 Å². The SMILES string of the molecule is Cc1ccc(NC(=O)C2Cc3ccccc3S2)c(F)c1. The van der Waals surface area contributed by atoms with E-state index in [9.17, 15) is 9.18 Å². The van der Waals surface area contributed by atoms with Crippen LogP contribution in [0.15, 0.2) is 47.4 Å². The molecule has 1 amide bonds. The fourth-order valence-corrected chi connectivity index (χ4v) is 3.46. The van der Waals surface area contributed by atoms with Crippen LogP contribution >= 0.6 is 11.8 Å². The summed E-state index contributed by atoms with van der Waals surface area (Å²) in [6, 6.07) is 12.8. The van der Waals surface area contributed by atoms with E-state index in [0.29, 0.717) is 6.42 Å². The van der Waals surface area contributed by atoms with Gasteiger partial charge in [-0.05, 0) is 42.7 Å². The Labute approximate surface area is 121 Å². The summed E-state index contributed by atoms with van der Waals surface area (Å²) in [5, 5.41) is 2.49. The lowest BCUT2D eigenvalue weighted by Gasteiger charge is -2.11. The highest BCUT2D eigenvalue weighted by molar-refractivity contribution is 8.01. The number of halogens is 1. The van der Waals surface area contributed by atoms with Gasteiger partial charge in [0.05, 0.1) is 10.9 Å². The molecule has 1 heterocycles. The molecule has 1 aliphatic heterocycles. The molecule has 0 saturated carbocycles. The molecule has 0 aliphatic carbocycles. The Morgan fingerprint density at radius 2 is 2.10 bits per heavy atom. The van der Waals surface area contributed by atoms with E-state index >= 15 is 0 Å². The summed E-state index contributed by atoms with van der Waals surface area (Å²) in [5.74, 6) is -0.534. The zero-order valence-electron chi connectivity index (χ0n) is 11.0. The Balaban J connectivity index is 1.72. The van der Waals surface area contributed by atoms with Gasteiger partial charge in [0, 0.05) is 4.90 Å². The van der Waals surface area contributed by atoms with E-state index in [1.54, 1.807) is 12.1 Å². The third kappa shape index (κ3) is 2.56. The number of fused-ring (bicyclic) bond motifs is 1. The number of hydrogen-bond acceptors (Lipinski definition) is 2. The zero-order chi connectivity index (χ0) is 14.1. The third-order valence-corrected chi connectivity index (χ3v) is 4.64. The van der Waals surface area contributed by atoms with Crippen LogP contribution in [0.1, 0.15) is 11.1 Å². The molecule has 0 bridgehead atoms. The molecule has 4 heteroatoms. The average molecular weight is 287 g/mol. The summed E-state index contributed by atoms with van der Waals surface area (Å²) >= 11 is 1.54. The summed E-state index contributed by atoms with van der Waals surface area (Å²) in [7, 11) is 0. The molecule has 3 rings (SSSR count). The van der Waals surface area contributed by atoms with Gasteiger partial charge in [-0.1, -0.05) is 24.3 Å². The van der Waals surface area contributed by atoms with Gasteiger partial charge in [-0.2, -0.15) is 0 Å². The van der Waals surface area contributed by atoms with Crippen molar-refractivity contribution in [3.63, 3.8) is 0 Å². The monoisotopic (exact) mass is 287 g/mol. The fraction of sp³-hybridized carbons (Fsp3) is 0.188. The van der Waals surface area contributed by atoms with E-state index in [4.69, 9.17) is 0 Å². The second-order valence-electron chi connectivity index (χ2n) is 4.89. The Hall–Kier alpha value is -1.81. The van der Waals surface area contributed by atoms with Gasteiger partial charge in [0.2, 0.25) is 5.91 Å².